The molecule has 0 bridgehead atoms. The summed E-state index contributed by atoms with van der Waals surface area (Å²) >= 11 is 5.73. The van der Waals surface area contributed by atoms with E-state index in [1.54, 1.807) is 42.5 Å². The molecule has 0 heterocycles. The molecule has 0 aliphatic heterocycles. The Morgan fingerprint density at radius 1 is 1.11 bits per heavy atom. The number of halogens is 1. The van der Waals surface area contributed by atoms with Crippen LogP contribution in [0, 0.1) is 0 Å². The molecular formula is C14H9ClO3. The molecule has 3 nitrogen and oxygen atoms in total. The predicted octanol–water partition coefficient (Wildman–Crippen LogP) is 3.37. The molecule has 90 valence electrons. The van der Waals surface area contributed by atoms with E-state index >= 15 is 0 Å². The van der Waals surface area contributed by atoms with E-state index in [1.807, 2.05) is 0 Å². The summed E-state index contributed by atoms with van der Waals surface area (Å²) in [4.78, 5) is 22.4. The summed E-state index contributed by atoms with van der Waals surface area (Å²) in [5, 5.41) is 0.550. The number of rotatable bonds is 3. The lowest BCUT2D eigenvalue weighted by atomic mass is 10.2. The van der Waals surface area contributed by atoms with Crippen molar-refractivity contribution in [3.05, 3.63) is 64.7 Å². The average molecular weight is 261 g/mol. The molecular weight excluding hydrogens is 252 g/mol. The molecule has 0 aliphatic carbocycles. The first-order valence-corrected chi connectivity index (χ1v) is 5.60. The van der Waals surface area contributed by atoms with Crippen molar-refractivity contribution in [2.75, 3.05) is 0 Å². The van der Waals surface area contributed by atoms with Gasteiger partial charge in [-0.15, -0.1) is 0 Å². The van der Waals surface area contributed by atoms with Crippen LogP contribution in [0.25, 0.3) is 0 Å². The van der Waals surface area contributed by atoms with Crippen LogP contribution in [-0.2, 0) is 0 Å². The fraction of sp³-hybridized carbons (Fsp3) is 0. The van der Waals surface area contributed by atoms with Crippen molar-refractivity contribution in [2.24, 2.45) is 0 Å². The first kappa shape index (κ1) is 12.3. The Morgan fingerprint density at radius 3 is 2.50 bits per heavy atom. The highest BCUT2D eigenvalue weighted by atomic mass is 35.5. The number of hydrogen-bond donors (Lipinski definition) is 0. The molecule has 0 fully saturated rings. The standard InChI is InChI=1S/C14H9ClO3/c15-12-6-4-11(5-7-12)14(17)18-13-3-1-2-10(8-13)9-16/h1-9H. The van der Waals surface area contributed by atoms with Crippen LogP contribution in [0.5, 0.6) is 5.75 Å². The molecule has 2 aromatic rings. The highest BCUT2D eigenvalue weighted by Gasteiger charge is 2.08. The van der Waals surface area contributed by atoms with Gasteiger partial charge in [0.2, 0.25) is 0 Å². The molecule has 0 saturated carbocycles. The van der Waals surface area contributed by atoms with Gasteiger partial charge in [0, 0.05) is 10.6 Å². The van der Waals surface area contributed by atoms with Crippen LogP contribution < -0.4 is 4.74 Å². The summed E-state index contributed by atoms with van der Waals surface area (Å²) in [5.41, 5.74) is 0.854. The molecule has 0 radical (unpaired) electrons. The van der Waals surface area contributed by atoms with Gasteiger partial charge >= 0.3 is 5.97 Å². The van der Waals surface area contributed by atoms with Crippen LogP contribution in [0.2, 0.25) is 5.02 Å². The summed E-state index contributed by atoms with van der Waals surface area (Å²) in [5.74, 6) is -0.158. The number of carbonyl (C=O) groups is 2. The van der Waals surface area contributed by atoms with Crippen molar-refractivity contribution < 1.29 is 14.3 Å². The van der Waals surface area contributed by atoms with Gasteiger partial charge in [-0.2, -0.15) is 0 Å². The minimum atomic E-state index is -0.491. The third-order valence-corrected chi connectivity index (χ3v) is 2.54. The van der Waals surface area contributed by atoms with E-state index in [-0.39, 0.29) is 0 Å². The number of ether oxygens (including phenoxy) is 1. The zero-order valence-corrected chi connectivity index (χ0v) is 10.1. The Morgan fingerprint density at radius 2 is 1.83 bits per heavy atom. The highest BCUT2D eigenvalue weighted by Crippen LogP contribution is 2.15. The van der Waals surface area contributed by atoms with E-state index in [2.05, 4.69) is 0 Å². The number of esters is 1. The zero-order valence-electron chi connectivity index (χ0n) is 9.30. The molecule has 0 spiro atoms. The summed E-state index contributed by atoms with van der Waals surface area (Å²) in [6.45, 7) is 0. The Balaban J connectivity index is 2.15. The van der Waals surface area contributed by atoms with E-state index in [0.717, 1.165) is 0 Å². The fourth-order valence-electron chi connectivity index (χ4n) is 1.40. The summed E-state index contributed by atoms with van der Waals surface area (Å²) in [6.07, 6.45) is 0.694. The van der Waals surface area contributed by atoms with Crippen molar-refractivity contribution >= 4 is 23.9 Å². The zero-order chi connectivity index (χ0) is 13.0. The molecule has 2 aromatic carbocycles. The van der Waals surface area contributed by atoms with Crippen LogP contribution in [0.4, 0.5) is 0 Å². The normalized spacial score (nSPS) is 9.83. The maximum absolute atomic E-state index is 11.8. The van der Waals surface area contributed by atoms with E-state index in [4.69, 9.17) is 16.3 Å². The molecule has 4 heteroatoms. The van der Waals surface area contributed by atoms with Crippen LogP contribution in [-0.4, -0.2) is 12.3 Å². The van der Waals surface area contributed by atoms with Crippen molar-refractivity contribution in [3.63, 3.8) is 0 Å². The van der Waals surface area contributed by atoms with Crippen LogP contribution in [0.3, 0.4) is 0 Å². The van der Waals surface area contributed by atoms with E-state index in [9.17, 15) is 9.59 Å². The van der Waals surface area contributed by atoms with Gasteiger partial charge in [-0.25, -0.2) is 4.79 Å². The quantitative estimate of drug-likeness (QED) is 0.483. The second kappa shape index (κ2) is 5.47. The number of benzene rings is 2. The SMILES string of the molecule is O=Cc1cccc(OC(=O)c2ccc(Cl)cc2)c1. The van der Waals surface area contributed by atoms with Crippen LogP contribution >= 0.6 is 11.6 Å². The Labute approximate surface area is 109 Å². The van der Waals surface area contributed by atoms with Crippen molar-refractivity contribution in [2.45, 2.75) is 0 Å². The van der Waals surface area contributed by atoms with Crippen LogP contribution in [0.1, 0.15) is 20.7 Å². The Hall–Kier alpha value is -2.13. The topological polar surface area (TPSA) is 43.4 Å². The number of hydrogen-bond acceptors (Lipinski definition) is 3. The summed E-state index contributed by atoms with van der Waals surface area (Å²) in [7, 11) is 0. The second-order valence-corrected chi connectivity index (χ2v) is 4.02. The third kappa shape index (κ3) is 2.96. The third-order valence-electron chi connectivity index (χ3n) is 2.28. The molecule has 0 amide bonds. The largest absolute Gasteiger partial charge is 0.423 e. The number of aldehydes is 1. The predicted molar refractivity (Wildman–Crippen MR) is 68.2 cm³/mol. The summed E-state index contributed by atoms with van der Waals surface area (Å²) < 4.78 is 5.14. The highest BCUT2D eigenvalue weighted by molar-refractivity contribution is 6.30. The molecule has 0 aromatic heterocycles. The Bertz CT molecular complexity index is 576. The van der Waals surface area contributed by atoms with Gasteiger partial charge in [-0.05, 0) is 36.4 Å². The van der Waals surface area contributed by atoms with Gasteiger partial charge in [0.1, 0.15) is 12.0 Å². The molecule has 0 saturated heterocycles. The molecule has 0 unspecified atom stereocenters. The lowest BCUT2D eigenvalue weighted by Gasteiger charge is -2.04. The van der Waals surface area contributed by atoms with Gasteiger partial charge in [-0.3, -0.25) is 4.79 Å². The molecule has 0 aliphatic rings. The maximum atomic E-state index is 11.8. The van der Waals surface area contributed by atoms with Gasteiger partial charge in [-0.1, -0.05) is 23.7 Å². The van der Waals surface area contributed by atoms with E-state index in [0.29, 0.717) is 28.2 Å². The van der Waals surface area contributed by atoms with Crippen molar-refractivity contribution in [1.29, 1.82) is 0 Å². The van der Waals surface area contributed by atoms with E-state index < -0.39 is 5.97 Å². The van der Waals surface area contributed by atoms with Crippen molar-refractivity contribution in [1.82, 2.24) is 0 Å². The smallest absolute Gasteiger partial charge is 0.343 e. The molecule has 0 N–H and O–H groups in total. The average Bonchev–Trinajstić information content (AvgIpc) is 2.39. The lowest BCUT2D eigenvalue weighted by Crippen LogP contribution is -2.08. The molecule has 2 rings (SSSR count). The minimum Gasteiger partial charge on any atom is -0.423 e. The first-order valence-electron chi connectivity index (χ1n) is 5.22. The van der Waals surface area contributed by atoms with Gasteiger partial charge < -0.3 is 4.74 Å². The minimum absolute atomic E-state index is 0.333. The van der Waals surface area contributed by atoms with E-state index in [1.165, 1.54) is 6.07 Å². The summed E-state index contributed by atoms with van der Waals surface area (Å²) in [6, 6.07) is 12.8. The maximum Gasteiger partial charge on any atom is 0.343 e. The monoisotopic (exact) mass is 260 g/mol. The van der Waals surface area contributed by atoms with Crippen LogP contribution in [0.15, 0.2) is 48.5 Å². The first-order chi connectivity index (χ1) is 8.69. The molecule has 0 atom stereocenters. The van der Waals surface area contributed by atoms with Crippen molar-refractivity contribution in [3.8, 4) is 5.75 Å². The second-order valence-electron chi connectivity index (χ2n) is 3.59. The van der Waals surface area contributed by atoms with Gasteiger partial charge in [0.15, 0.2) is 0 Å². The number of carbonyl (C=O) groups excluding carboxylic acids is 2. The van der Waals surface area contributed by atoms with Gasteiger partial charge in [0.05, 0.1) is 5.56 Å². The fourth-order valence-corrected chi connectivity index (χ4v) is 1.53. The Kier molecular flexibility index (Phi) is 3.75. The lowest BCUT2D eigenvalue weighted by molar-refractivity contribution is 0.0734. The molecule has 18 heavy (non-hydrogen) atoms. The van der Waals surface area contributed by atoms with Gasteiger partial charge in [0.25, 0.3) is 0 Å².